The Kier molecular flexibility index (Phi) is 6.69. The lowest BCUT2D eigenvalue weighted by molar-refractivity contribution is -0.120. The van der Waals surface area contributed by atoms with Crippen molar-refractivity contribution in [1.29, 1.82) is 0 Å². The molecule has 1 N–H and O–H groups in total. The number of carbonyl (C=O) groups excluding carboxylic acids is 1. The molecule has 1 saturated heterocycles. The average Bonchev–Trinajstić information content (AvgIpc) is 3.49. The zero-order chi connectivity index (χ0) is 26.2. The molecule has 0 aliphatic carbocycles. The van der Waals surface area contributed by atoms with Crippen LogP contribution in [0.5, 0.6) is 11.5 Å². The number of rotatable bonds is 6. The summed E-state index contributed by atoms with van der Waals surface area (Å²) in [4.78, 5) is 12.7. The lowest BCUT2D eigenvalue weighted by Crippen LogP contribution is -2.41. The number of sulfonamides is 1. The Morgan fingerprint density at radius 1 is 1.08 bits per heavy atom. The zero-order valence-electron chi connectivity index (χ0n) is 19.7. The Morgan fingerprint density at radius 2 is 1.84 bits per heavy atom. The molecule has 1 fully saturated rings. The third-order valence-corrected chi connectivity index (χ3v) is 8.33. The smallest absolute Gasteiger partial charge is 0.248 e. The van der Waals surface area contributed by atoms with E-state index in [1.165, 1.54) is 29.4 Å². The first-order valence-electron chi connectivity index (χ1n) is 11.5. The Labute approximate surface area is 211 Å². The number of amides is 1. The van der Waals surface area contributed by atoms with Crippen LogP contribution in [-0.4, -0.2) is 43.7 Å². The SMILES string of the molecule is Cc1noc(/C=C/c2ccc(F)cc2F)c1S(=O)(=O)N1CCC(C(=O)Nc2ccc3c(c2)OCO3)CC1. The maximum Gasteiger partial charge on any atom is 0.248 e. The number of aromatic nitrogens is 1. The molecule has 1 amide bonds. The maximum atomic E-state index is 14.0. The van der Waals surface area contributed by atoms with E-state index >= 15 is 0 Å². The largest absolute Gasteiger partial charge is 0.454 e. The van der Waals surface area contributed by atoms with Crippen LogP contribution in [0.1, 0.15) is 29.9 Å². The van der Waals surface area contributed by atoms with E-state index < -0.39 is 21.7 Å². The fourth-order valence-electron chi connectivity index (χ4n) is 4.31. The van der Waals surface area contributed by atoms with E-state index in [9.17, 15) is 22.0 Å². The van der Waals surface area contributed by atoms with Gasteiger partial charge in [-0.3, -0.25) is 4.79 Å². The van der Waals surface area contributed by atoms with Gasteiger partial charge in [0.15, 0.2) is 22.2 Å². The number of fused-ring (bicyclic) bond motifs is 1. The van der Waals surface area contributed by atoms with Crippen LogP contribution in [0.15, 0.2) is 45.8 Å². The number of benzene rings is 2. The van der Waals surface area contributed by atoms with Crippen molar-refractivity contribution in [2.45, 2.75) is 24.7 Å². The number of nitrogens with one attached hydrogen (secondary N) is 1. The topological polar surface area (TPSA) is 111 Å². The highest BCUT2D eigenvalue weighted by Crippen LogP contribution is 2.35. The number of anilines is 1. The minimum absolute atomic E-state index is 0.0630. The Hall–Kier alpha value is -3.77. The van der Waals surface area contributed by atoms with Gasteiger partial charge in [-0.05, 0) is 56.2 Å². The molecule has 0 atom stereocenters. The van der Waals surface area contributed by atoms with Crippen LogP contribution in [0.4, 0.5) is 14.5 Å². The molecule has 3 heterocycles. The predicted octanol–water partition coefficient (Wildman–Crippen LogP) is 4.20. The van der Waals surface area contributed by atoms with Gasteiger partial charge in [-0.2, -0.15) is 4.31 Å². The molecule has 0 radical (unpaired) electrons. The molecule has 0 bridgehead atoms. The summed E-state index contributed by atoms with van der Waals surface area (Å²) in [6, 6.07) is 8.17. The van der Waals surface area contributed by atoms with E-state index in [4.69, 9.17) is 14.0 Å². The van der Waals surface area contributed by atoms with Crippen LogP contribution in [0.2, 0.25) is 0 Å². The number of aryl methyl sites for hydroxylation is 1. The third-order valence-electron chi connectivity index (χ3n) is 6.27. The van der Waals surface area contributed by atoms with Gasteiger partial charge in [0, 0.05) is 42.4 Å². The molecule has 12 heteroatoms. The number of carbonyl (C=O) groups is 1. The summed E-state index contributed by atoms with van der Waals surface area (Å²) in [5.74, 6) is -1.00. The number of hydrogen-bond acceptors (Lipinski definition) is 7. The summed E-state index contributed by atoms with van der Waals surface area (Å²) < 4.78 is 71.1. The second-order valence-corrected chi connectivity index (χ2v) is 10.6. The van der Waals surface area contributed by atoms with Crippen LogP contribution in [0.25, 0.3) is 12.2 Å². The molecule has 5 rings (SSSR count). The van der Waals surface area contributed by atoms with Crippen molar-refractivity contribution in [2.24, 2.45) is 5.92 Å². The van der Waals surface area contributed by atoms with Gasteiger partial charge in [-0.25, -0.2) is 17.2 Å². The fourth-order valence-corrected chi connectivity index (χ4v) is 6.03. The number of ether oxygens (including phenoxy) is 2. The standard InChI is InChI=1S/C25H23F2N3O6S/c1-15-24(22(36-29-15)6-3-16-2-4-18(26)12-20(16)27)37(32,33)30-10-8-17(9-11-30)25(31)28-19-5-7-21-23(13-19)35-14-34-21/h2-7,12-13,17H,8-11,14H2,1H3,(H,28,31)/b6-3+. The first-order chi connectivity index (χ1) is 17.7. The lowest BCUT2D eigenvalue weighted by Gasteiger charge is -2.30. The van der Waals surface area contributed by atoms with E-state index in [1.54, 1.807) is 18.2 Å². The van der Waals surface area contributed by atoms with Gasteiger partial charge in [-0.15, -0.1) is 0 Å². The third kappa shape index (κ3) is 5.07. The van der Waals surface area contributed by atoms with Crippen molar-refractivity contribution in [3.05, 3.63) is 65.1 Å². The Balaban J connectivity index is 1.26. The molecule has 2 aromatic carbocycles. The summed E-state index contributed by atoms with van der Waals surface area (Å²) >= 11 is 0. The van der Waals surface area contributed by atoms with Gasteiger partial charge in [0.2, 0.25) is 22.7 Å². The van der Waals surface area contributed by atoms with E-state index in [2.05, 4.69) is 10.5 Å². The minimum atomic E-state index is -4.01. The second kappa shape index (κ2) is 9.94. The van der Waals surface area contributed by atoms with E-state index in [0.717, 1.165) is 12.1 Å². The zero-order valence-corrected chi connectivity index (χ0v) is 20.6. The van der Waals surface area contributed by atoms with Crippen LogP contribution in [-0.2, 0) is 14.8 Å². The second-order valence-electron chi connectivity index (χ2n) is 8.70. The van der Waals surface area contributed by atoms with Crippen molar-refractivity contribution in [3.8, 4) is 11.5 Å². The van der Waals surface area contributed by atoms with Crippen LogP contribution >= 0.6 is 0 Å². The predicted molar refractivity (Wildman–Crippen MR) is 129 cm³/mol. The highest BCUT2D eigenvalue weighted by molar-refractivity contribution is 7.89. The Bertz CT molecular complexity index is 1480. The van der Waals surface area contributed by atoms with Crippen molar-refractivity contribution in [2.75, 3.05) is 25.2 Å². The van der Waals surface area contributed by atoms with Gasteiger partial charge < -0.3 is 19.3 Å². The molecule has 2 aliphatic heterocycles. The number of halogens is 2. The van der Waals surface area contributed by atoms with Gasteiger partial charge >= 0.3 is 0 Å². The molecule has 0 spiro atoms. The van der Waals surface area contributed by atoms with Gasteiger partial charge in [-0.1, -0.05) is 5.16 Å². The summed E-state index contributed by atoms with van der Waals surface area (Å²) in [6.07, 6.45) is 3.23. The summed E-state index contributed by atoms with van der Waals surface area (Å²) in [7, 11) is -4.01. The lowest BCUT2D eigenvalue weighted by atomic mass is 9.97. The number of hydrogen-bond donors (Lipinski definition) is 1. The molecule has 9 nitrogen and oxygen atoms in total. The number of nitrogens with zero attached hydrogens (tertiary/aromatic N) is 2. The molecule has 3 aromatic rings. The van der Waals surface area contributed by atoms with Crippen molar-refractivity contribution < 1.29 is 36.0 Å². The van der Waals surface area contributed by atoms with Crippen molar-refractivity contribution in [3.63, 3.8) is 0 Å². The molecule has 37 heavy (non-hydrogen) atoms. The quantitative estimate of drug-likeness (QED) is 0.508. The molecule has 1 aromatic heterocycles. The minimum Gasteiger partial charge on any atom is -0.454 e. The first kappa shape index (κ1) is 24.9. The highest BCUT2D eigenvalue weighted by atomic mass is 32.2. The molecular weight excluding hydrogens is 508 g/mol. The first-order valence-corrected chi connectivity index (χ1v) is 13.0. The molecule has 194 valence electrons. The van der Waals surface area contributed by atoms with Crippen molar-refractivity contribution in [1.82, 2.24) is 9.46 Å². The fraction of sp³-hybridized carbons (Fsp3) is 0.280. The molecule has 2 aliphatic rings. The van der Waals surface area contributed by atoms with Crippen LogP contribution < -0.4 is 14.8 Å². The average molecular weight is 532 g/mol. The van der Waals surface area contributed by atoms with Gasteiger partial charge in [0.05, 0.1) is 0 Å². The molecule has 0 unspecified atom stereocenters. The monoisotopic (exact) mass is 531 g/mol. The van der Waals surface area contributed by atoms with Gasteiger partial charge in [0.25, 0.3) is 0 Å². The highest BCUT2D eigenvalue weighted by Gasteiger charge is 2.36. The van der Waals surface area contributed by atoms with Crippen LogP contribution in [0.3, 0.4) is 0 Å². The Morgan fingerprint density at radius 3 is 2.59 bits per heavy atom. The van der Waals surface area contributed by atoms with E-state index in [-0.39, 0.29) is 53.6 Å². The summed E-state index contributed by atoms with van der Waals surface area (Å²) in [5, 5.41) is 6.62. The normalized spacial score (nSPS) is 16.4. The van der Waals surface area contributed by atoms with Gasteiger partial charge in [0.1, 0.15) is 17.3 Å². The molecular formula is C25H23F2N3O6S. The summed E-state index contributed by atoms with van der Waals surface area (Å²) in [5.41, 5.74) is 0.786. The molecule has 0 saturated carbocycles. The summed E-state index contributed by atoms with van der Waals surface area (Å²) in [6.45, 7) is 1.88. The maximum absolute atomic E-state index is 14.0. The van der Waals surface area contributed by atoms with E-state index in [1.807, 2.05) is 0 Å². The van der Waals surface area contributed by atoms with E-state index in [0.29, 0.717) is 30.0 Å². The van der Waals surface area contributed by atoms with Crippen molar-refractivity contribution >= 4 is 33.8 Å². The van der Waals surface area contributed by atoms with Crippen LogP contribution in [0, 0.1) is 24.5 Å². The number of piperidine rings is 1.